The highest BCUT2D eigenvalue weighted by atomic mass is 16.5. The van der Waals surface area contributed by atoms with Crippen molar-refractivity contribution >= 4 is 11.7 Å². The van der Waals surface area contributed by atoms with Crippen LogP contribution in [0.5, 0.6) is 0 Å². The Morgan fingerprint density at radius 2 is 2.28 bits per heavy atom. The molecule has 5 heteroatoms. The van der Waals surface area contributed by atoms with Gasteiger partial charge in [0.25, 0.3) is 0 Å². The number of piperidine rings is 1. The van der Waals surface area contributed by atoms with Gasteiger partial charge >= 0.3 is 5.97 Å². The third-order valence-corrected chi connectivity index (χ3v) is 3.13. The van der Waals surface area contributed by atoms with Gasteiger partial charge in [-0.15, -0.1) is 0 Å². The number of ether oxygens (including phenoxy) is 1. The largest absolute Gasteiger partial charge is 0.480 e. The third-order valence-electron chi connectivity index (χ3n) is 3.13. The molecule has 0 saturated carbocycles. The van der Waals surface area contributed by atoms with Crippen LogP contribution in [0.4, 0.5) is 5.69 Å². The second kappa shape index (κ2) is 5.82. The molecule has 1 fully saturated rings. The molecule has 1 aromatic rings. The van der Waals surface area contributed by atoms with Crippen LogP contribution in [0.15, 0.2) is 18.3 Å². The number of hydrogen-bond donors (Lipinski definition) is 1. The summed E-state index contributed by atoms with van der Waals surface area (Å²) >= 11 is 0. The van der Waals surface area contributed by atoms with Crippen molar-refractivity contribution < 1.29 is 14.6 Å². The van der Waals surface area contributed by atoms with Crippen molar-refractivity contribution in [2.24, 2.45) is 0 Å². The number of carboxylic acids is 1. The summed E-state index contributed by atoms with van der Waals surface area (Å²) in [7, 11) is 0. The molecular weight excluding hydrogens is 232 g/mol. The van der Waals surface area contributed by atoms with E-state index in [0.717, 1.165) is 31.6 Å². The summed E-state index contributed by atoms with van der Waals surface area (Å²) < 4.78 is 5.31. The zero-order valence-corrected chi connectivity index (χ0v) is 10.5. The summed E-state index contributed by atoms with van der Waals surface area (Å²) in [5.41, 5.74) is 2.19. The van der Waals surface area contributed by atoms with Gasteiger partial charge in [0, 0.05) is 30.7 Å². The van der Waals surface area contributed by atoms with Crippen molar-refractivity contribution in [3.05, 3.63) is 24.0 Å². The molecule has 0 aliphatic carbocycles. The molecule has 1 N–H and O–H groups in total. The lowest BCUT2D eigenvalue weighted by molar-refractivity contribution is -0.144. The Morgan fingerprint density at radius 3 is 2.89 bits per heavy atom. The quantitative estimate of drug-likeness (QED) is 0.876. The highest BCUT2D eigenvalue weighted by Gasteiger charge is 2.20. The van der Waals surface area contributed by atoms with Gasteiger partial charge in [-0.1, -0.05) is 0 Å². The normalized spacial score (nSPS) is 16.8. The van der Waals surface area contributed by atoms with Crippen molar-refractivity contribution in [3.63, 3.8) is 0 Å². The Balaban J connectivity index is 1.85. The van der Waals surface area contributed by atoms with Crippen LogP contribution in [0.3, 0.4) is 0 Å². The second-order valence-electron chi connectivity index (χ2n) is 4.55. The molecule has 0 radical (unpaired) electrons. The number of aliphatic carboxylic acids is 1. The van der Waals surface area contributed by atoms with E-state index in [9.17, 15) is 4.79 Å². The monoisotopic (exact) mass is 250 g/mol. The molecular formula is C13H18N2O3. The van der Waals surface area contributed by atoms with E-state index in [-0.39, 0.29) is 12.7 Å². The number of rotatable bonds is 4. The lowest BCUT2D eigenvalue weighted by Crippen LogP contribution is -2.37. The molecule has 0 unspecified atom stereocenters. The minimum Gasteiger partial charge on any atom is -0.480 e. The second-order valence-corrected chi connectivity index (χ2v) is 4.55. The number of aromatic nitrogens is 1. The lowest BCUT2D eigenvalue weighted by Gasteiger charge is -2.33. The third kappa shape index (κ3) is 3.43. The van der Waals surface area contributed by atoms with Crippen LogP contribution < -0.4 is 4.90 Å². The molecule has 0 atom stereocenters. The SMILES string of the molecule is Cc1cc(N2CCC(OCC(=O)O)CC2)ccn1. The Bertz CT molecular complexity index is 414. The molecule has 18 heavy (non-hydrogen) atoms. The molecule has 1 aliphatic rings. The van der Waals surface area contributed by atoms with Crippen LogP contribution in [0.25, 0.3) is 0 Å². The Labute approximate surface area is 106 Å². The van der Waals surface area contributed by atoms with Crippen LogP contribution in [-0.2, 0) is 9.53 Å². The van der Waals surface area contributed by atoms with Crippen LogP contribution >= 0.6 is 0 Å². The summed E-state index contributed by atoms with van der Waals surface area (Å²) in [5.74, 6) is -0.901. The zero-order chi connectivity index (χ0) is 13.0. The number of hydrogen-bond acceptors (Lipinski definition) is 4. The molecule has 0 aromatic carbocycles. The maximum Gasteiger partial charge on any atom is 0.329 e. The Hall–Kier alpha value is -1.62. The minimum absolute atomic E-state index is 0.0697. The van der Waals surface area contributed by atoms with Crippen LogP contribution in [-0.4, -0.2) is 41.9 Å². The molecule has 1 saturated heterocycles. The smallest absolute Gasteiger partial charge is 0.329 e. The van der Waals surface area contributed by atoms with E-state index in [4.69, 9.17) is 9.84 Å². The first-order valence-electron chi connectivity index (χ1n) is 6.16. The summed E-state index contributed by atoms with van der Waals surface area (Å²) in [6.07, 6.45) is 3.63. The summed E-state index contributed by atoms with van der Waals surface area (Å²) in [6, 6.07) is 4.07. The van der Waals surface area contributed by atoms with Gasteiger partial charge in [0.1, 0.15) is 6.61 Å². The van der Waals surface area contributed by atoms with Crippen molar-refractivity contribution in [2.75, 3.05) is 24.6 Å². The molecule has 1 aliphatic heterocycles. The van der Waals surface area contributed by atoms with Crippen molar-refractivity contribution in [1.82, 2.24) is 4.98 Å². The molecule has 0 spiro atoms. The van der Waals surface area contributed by atoms with Gasteiger partial charge in [-0.3, -0.25) is 4.98 Å². The summed E-state index contributed by atoms with van der Waals surface area (Å²) in [4.78, 5) is 16.9. The number of anilines is 1. The van der Waals surface area contributed by atoms with E-state index in [1.165, 1.54) is 5.69 Å². The fraction of sp³-hybridized carbons (Fsp3) is 0.538. The van der Waals surface area contributed by atoms with Crippen LogP contribution in [0.1, 0.15) is 18.5 Å². The van der Waals surface area contributed by atoms with E-state index in [1.807, 2.05) is 19.2 Å². The summed E-state index contributed by atoms with van der Waals surface area (Å²) in [5, 5.41) is 8.56. The predicted octanol–water partition coefficient (Wildman–Crippen LogP) is 1.46. The molecule has 5 nitrogen and oxygen atoms in total. The van der Waals surface area contributed by atoms with Crippen molar-refractivity contribution in [2.45, 2.75) is 25.9 Å². The van der Waals surface area contributed by atoms with E-state index in [2.05, 4.69) is 16.0 Å². The number of aryl methyl sites for hydroxylation is 1. The highest BCUT2D eigenvalue weighted by Crippen LogP contribution is 2.21. The average Bonchev–Trinajstić information content (AvgIpc) is 2.37. The lowest BCUT2D eigenvalue weighted by atomic mass is 10.1. The van der Waals surface area contributed by atoms with E-state index >= 15 is 0 Å². The number of carboxylic acid groups (broad SMARTS) is 1. The average molecular weight is 250 g/mol. The number of carbonyl (C=O) groups is 1. The van der Waals surface area contributed by atoms with E-state index < -0.39 is 5.97 Å². The molecule has 98 valence electrons. The maximum absolute atomic E-state index is 10.4. The van der Waals surface area contributed by atoms with Crippen LogP contribution in [0, 0.1) is 6.92 Å². The number of pyridine rings is 1. The van der Waals surface area contributed by atoms with Gasteiger partial charge in [-0.05, 0) is 31.9 Å². The van der Waals surface area contributed by atoms with Crippen molar-refractivity contribution in [1.29, 1.82) is 0 Å². The molecule has 1 aromatic heterocycles. The fourth-order valence-corrected chi connectivity index (χ4v) is 2.20. The molecule has 2 heterocycles. The highest BCUT2D eigenvalue weighted by molar-refractivity contribution is 5.68. The van der Waals surface area contributed by atoms with Crippen LogP contribution in [0.2, 0.25) is 0 Å². The number of nitrogens with zero attached hydrogens (tertiary/aromatic N) is 2. The van der Waals surface area contributed by atoms with E-state index in [1.54, 1.807) is 0 Å². The van der Waals surface area contributed by atoms with Gasteiger partial charge in [0.05, 0.1) is 6.10 Å². The first-order valence-corrected chi connectivity index (χ1v) is 6.16. The van der Waals surface area contributed by atoms with E-state index in [0.29, 0.717) is 0 Å². The van der Waals surface area contributed by atoms with Gasteiger partial charge < -0.3 is 14.7 Å². The standard InChI is InChI=1S/C13H18N2O3/c1-10-8-11(2-5-14-10)15-6-3-12(4-7-15)18-9-13(16)17/h2,5,8,12H,3-4,6-7,9H2,1H3,(H,16,17). The maximum atomic E-state index is 10.4. The Morgan fingerprint density at radius 1 is 1.56 bits per heavy atom. The fourth-order valence-electron chi connectivity index (χ4n) is 2.20. The topological polar surface area (TPSA) is 62.7 Å². The Kier molecular flexibility index (Phi) is 4.15. The molecule has 2 rings (SSSR count). The van der Waals surface area contributed by atoms with Crippen molar-refractivity contribution in [3.8, 4) is 0 Å². The molecule has 0 bridgehead atoms. The first-order chi connectivity index (χ1) is 8.65. The summed E-state index contributed by atoms with van der Waals surface area (Å²) in [6.45, 7) is 3.58. The molecule has 0 amide bonds. The van der Waals surface area contributed by atoms with Gasteiger partial charge in [-0.2, -0.15) is 0 Å². The minimum atomic E-state index is -0.901. The van der Waals surface area contributed by atoms with Gasteiger partial charge in [0.2, 0.25) is 0 Å². The predicted molar refractivity (Wildman–Crippen MR) is 67.8 cm³/mol. The van der Waals surface area contributed by atoms with Gasteiger partial charge in [-0.25, -0.2) is 4.79 Å². The van der Waals surface area contributed by atoms with Gasteiger partial charge in [0.15, 0.2) is 0 Å². The zero-order valence-electron chi connectivity index (χ0n) is 10.5. The first kappa shape index (κ1) is 12.8.